The van der Waals surface area contributed by atoms with E-state index in [1.807, 2.05) is 19.3 Å². The SMILES string of the molecule is CCN(C=Nc1cc(Br)c(OC2CCC(C(C)C)CC2)nc1C)CC. The van der Waals surface area contributed by atoms with Gasteiger partial charge in [-0.05, 0) is 80.3 Å². The van der Waals surface area contributed by atoms with Gasteiger partial charge in [0.05, 0.1) is 22.2 Å². The van der Waals surface area contributed by atoms with Crippen molar-refractivity contribution in [3.8, 4) is 5.88 Å². The van der Waals surface area contributed by atoms with Crippen LogP contribution in [-0.4, -0.2) is 35.4 Å². The summed E-state index contributed by atoms with van der Waals surface area (Å²) in [7, 11) is 0. The zero-order chi connectivity index (χ0) is 18.4. The molecule has 0 bridgehead atoms. The molecule has 1 saturated carbocycles. The zero-order valence-corrected chi connectivity index (χ0v) is 17.8. The van der Waals surface area contributed by atoms with Crippen LogP contribution in [0, 0.1) is 18.8 Å². The molecule has 1 aromatic heterocycles. The molecule has 0 atom stereocenters. The van der Waals surface area contributed by atoms with E-state index in [0.717, 1.165) is 53.6 Å². The molecule has 1 fully saturated rings. The molecule has 1 aliphatic rings. The molecule has 0 N–H and O–H groups in total. The number of aliphatic imine (C=N–C) groups is 1. The fourth-order valence-corrected chi connectivity index (χ4v) is 3.72. The molecule has 0 spiro atoms. The van der Waals surface area contributed by atoms with Crippen molar-refractivity contribution < 1.29 is 4.74 Å². The van der Waals surface area contributed by atoms with Crippen molar-refractivity contribution in [2.75, 3.05) is 13.1 Å². The van der Waals surface area contributed by atoms with E-state index in [0.29, 0.717) is 5.88 Å². The third kappa shape index (κ3) is 5.70. The molecule has 0 radical (unpaired) electrons. The third-order valence-corrected chi connectivity index (χ3v) is 5.79. The van der Waals surface area contributed by atoms with E-state index in [1.54, 1.807) is 0 Å². The van der Waals surface area contributed by atoms with E-state index in [1.165, 1.54) is 12.8 Å². The molecule has 0 amide bonds. The summed E-state index contributed by atoms with van der Waals surface area (Å²) < 4.78 is 7.08. The van der Waals surface area contributed by atoms with Crippen molar-refractivity contribution in [2.24, 2.45) is 16.8 Å². The lowest BCUT2D eigenvalue weighted by atomic mass is 9.80. The minimum absolute atomic E-state index is 0.281. The van der Waals surface area contributed by atoms with Crippen LogP contribution in [0.25, 0.3) is 0 Å². The Morgan fingerprint density at radius 2 is 1.92 bits per heavy atom. The molecular weight excluding hydrogens is 378 g/mol. The molecule has 0 aromatic carbocycles. The molecule has 0 saturated heterocycles. The first-order valence-electron chi connectivity index (χ1n) is 9.56. The van der Waals surface area contributed by atoms with Crippen LogP contribution in [0.4, 0.5) is 5.69 Å². The predicted molar refractivity (Wildman–Crippen MR) is 109 cm³/mol. The van der Waals surface area contributed by atoms with Gasteiger partial charge in [-0.25, -0.2) is 9.98 Å². The van der Waals surface area contributed by atoms with Crippen LogP contribution >= 0.6 is 15.9 Å². The van der Waals surface area contributed by atoms with Crippen molar-refractivity contribution in [3.05, 3.63) is 16.2 Å². The van der Waals surface area contributed by atoms with Gasteiger partial charge in [-0.2, -0.15) is 0 Å². The van der Waals surface area contributed by atoms with Crippen LogP contribution in [-0.2, 0) is 0 Å². The van der Waals surface area contributed by atoms with E-state index in [9.17, 15) is 0 Å². The summed E-state index contributed by atoms with van der Waals surface area (Å²) in [6.07, 6.45) is 6.93. The molecular formula is C20H32BrN3O. The summed E-state index contributed by atoms with van der Waals surface area (Å²) in [4.78, 5) is 11.4. The molecule has 5 heteroatoms. The molecule has 1 aliphatic carbocycles. The number of hydrogen-bond acceptors (Lipinski definition) is 3. The third-order valence-electron chi connectivity index (χ3n) is 5.22. The van der Waals surface area contributed by atoms with Crippen LogP contribution in [0.1, 0.15) is 59.1 Å². The standard InChI is InChI=1S/C20H32BrN3O/c1-6-24(7-2)13-22-19-12-18(21)20(23-15(19)5)25-17-10-8-16(9-11-17)14(3)4/h12-14,16-17H,6-11H2,1-5H3. The average molecular weight is 410 g/mol. The number of aryl methyl sites for hydroxylation is 1. The Bertz CT molecular complexity index is 577. The van der Waals surface area contributed by atoms with Gasteiger partial charge >= 0.3 is 0 Å². The van der Waals surface area contributed by atoms with Crippen molar-refractivity contribution >= 4 is 28.0 Å². The first kappa shape index (κ1) is 20.2. The second kappa shape index (κ2) is 9.56. The van der Waals surface area contributed by atoms with Gasteiger partial charge in [0.25, 0.3) is 0 Å². The van der Waals surface area contributed by atoms with Crippen LogP contribution in [0.15, 0.2) is 15.5 Å². The van der Waals surface area contributed by atoms with E-state index in [2.05, 4.69) is 58.5 Å². The predicted octanol–water partition coefficient (Wildman–Crippen LogP) is 5.75. The van der Waals surface area contributed by atoms with Crippen LogP contribution in [0.2, 0.25) is 0 Å². The van der Waals surface area contributed by atoms with E-state index in [4.69, 9.17) is 4.74 Å². The first-order valence-corrected chi connectivity index (χ1v) is 10.4. The Kier molecular flexibility index (Phi) is 7.73. The van der Waals surface area contributed by atoms with E-state index >= 15 is 0 Å². The molecule has 140 valence electrons. The maximum Gasteiger partial charge on any atom is 0.228 e. The quantitative estimate of drug-likeness (QED) is 0.424. The number of nitrogens with zero attached hydrogens (tertiary/aromatic N) is 3. The summed E-state index contributed by atoms with van der Waals surface area (Å²) in [5.41, 5.74) is 1.78. The van der Waals surface area contributed by atoms with Crippen molar-refractivity contribution in [1.82, 2.24) is 9.88 Å². The van der Waals surface area contributed by atoms with E-state index < -0.39 is 0 Å². The highest BCUT2D eigenvalue weighted by atomic mass is 79.9. The highest BCUT2D eigenvalue weighted by Gasteiger charge is 2.25. The minimum atomic E-state index is 0.281. The molecule has 2 rings (SSSR count). The fraction of sp³-hybridized carbons (Fsp3) is 0.700. The van der Waals surface area contributed by atoms with E-state index in [-0.39, 0.29) is 6.10 Å². The van der Waals surface area contributed by atoms with Crippen molar-refractivity contribution in [3.63, 3.8) is 0 Å². The van der Waals surface area contributed by atoms with Gasteiger partial charge in [-0.1, -0.05) is 13.8 Å². The topological polar surface area (TPSA) is 37.7 Å². The second-order valence-electron chi connectivity index (χ2n) is 7.24. The number of pyridine rings is 1. The van der Waals surface area contributed by atoms with Crippen LogP contribution < -0.4 is 4.74 Å². The van der Waals surface area contributed by atoms with Gasteiger partial charge in [0.1, 0.15) is 6.10 Å². The smallest absolute Gasteiger partial charge is 0.228 e. The van der Waals surface area contributed by atoms with Crippen LogP contribution in [0.3, 0.4) is 0 Å². The highest BCUT2D eigenvalue weighted by molar-refractivity contribution is 9.10. The van der Waals surface area contributed by atoms with Gasteiger partial charge in [0.2, 0.25) is 5.88 Å². The Morgan fingerprint density at radius 1 is 1.28 bits per heavy atom. The molecule has 4 nitrogen and oxygen atoms in total. The first-order chi connectivity index (χ1) is 11.9. The maximum absolute atomic E-state index is 6.20. The van der Waals surface area contributed by atoms with Gasteiger partial charge in [-0.3, -0.25) is 0 Å². The largest absolute Gasteiger partial charge is 0.474 e. The van der Waals surface area contributed by atoms with Gasteiger partial charge in [-0.15, -0.1) is 0 Å². The lowest BCUT2D eigenvalue weighted by molar-refractivity contribution is 0.111. The second-order valence-corrected chi connectivity index (χ2v) is 8.10. The van der Waals surface area contributed by atoms with Gasteiger partial charge in [0, 0.05) is 13.1 Å². The molecule has 1 heterocycles. The number of aromatic nitrogens is 1. The molecule has 1 aromatic rings. The molecule has 25 heavy (non-hydrogen) atoms. The summed E-state index contributed by atoms with van der Waals surface area (Å²) >= 11 is 3.61. The zero-order valence-electron chi connectivity index (χ0n) is 16.3. The number of hydrogen-bond donors (Lipinski definition) is 0. The normalized spacial score (nSPS) is 21.1. The number of halogens is 1. The molecule has 0 aliphatic heterocycles. The Balaban J connectivity index is 2.02. The van der Waals surface area contributed by atoms with Gasteiger partial charge < -0.3 is 9.64 Å². The highest BCUT2D eigenvalue weighted by Crippen LogP contribution is 2.35. The lowest BCUT2D eigenvalue weighted by Gasteiger charge is -2.31. The number of rotatable bonds is 7. The number of ether oxygens (including phenoxy) is 1. The van der Waals surface area contributed by atoms with Crippen LogP contribution in [0.5, 0.6) is 5.88 Å². The lowest BCUT2D eigenvalue weighted by Crippen LogP contribution is -2.26. The minimum Gasteiger partial charge on any atom is -0.474 e. The average Bonchev–Trinajstić information content (AvgIpc) is 2.60. The molecule has 0 unspecified atom stereocenters. The monoisotopic (exact) mass is 409 g/mol. The fourth-order valence-electron chi connectivity index (χ4n) is 3.32. The van der Waals surface area contributed by atoms with Gasteiger partial charge in [0.15, 0.2) is 0 Å². The summed E-state index contributed by atoms with van der Waals surface area (Å²) in [6, 6.07) is 2.01. The van der Waals surface area contributed by atoms with Crippen molar-refractivity contribution in [1.29, 1.82) is 0 Å². The Hall–Kier alpha value is -1.10. The Labute approximate surface area is 161 Å². The summed E-state index contributed by atoms with van der Waals surface area (Å²) in [5.74, 6) is 2.32. The van der Waals surface area contributed by atoms with Crippen molar-refractivity contribution in [2.45, 2.75) is 66.4 Å². The summed E-state index contributed by atoms with van der Waals surface area (Å²) in [6.45, 7) is 12.8. The Morgan fingerprint density at radius 3 is 2.48 bits per heavy atom. The maximum atomic E-state index is 6.20. The summed E-state index contributed by atoms with van der Waals surface area (Å²) in [5, 5.41) is 0.